The lowest BCUT2D eigenvalue weighted by atomic mass is 10.0. The lowest BCUT2D eigenvalue weighted by molar-refractivity contribution is -0.297. The van der Waals surface area contributed by atoms with E-state index in [1.165, 1.54) is 12.1 Å². The van der Waals surface area contributed by atoms with Gasteiger partial charge in [0.1, 0.15) is 0 Å². The minimum absolute atomic E-state index is 0.0721. The molecule has 0 atom stereocenters. The van der Waals surface area contributed by atoms with Gasteiger partial charge in [-0.2, -0.15) is 26.3 Å². The molecule has 2 N–H and O–H groups in total. The number of halogens is 6. The second-order valence-electron chi connectivity index (χ2n) is 5.61. The highest BCUT2D eigenvalue weighted by molar-refractivity contribution is 5.94. The highest BCUT2D eigenvalue weighted by Crippen LogP contribution is 2.42. The first kappa shape index (κ1) is 19.6. The molecule has 0 aromatic heterocycles. The van der Waals surface area contributed by atoms with Crippen molar-refractivity contribution >= 4 is 11.7 Å². The van der Waals surface area contributed by atoms with Crippen LogP contribution in [0.2, 0.25) is 0 Å². The molecule has 3 nitrogen and oxygen atoms in total. The van der Waals surface area contributed by atoms with E-state index in [0.717, 1.165) is 5.32 Å². The largest absolute Gasteiger partial charge is 0.420 e. The molecule has 2 aromatic carbocycles. The van der Waals surface area contributed by atoms with Gasteiger partial charge in [0.2, 0.25) is 5.54 Å². The molecule has 0 aliphatic heterocycles. The summed E-state index contributed by atoms with van der Waals surface area (Å²) in [6, 6.07) is 13.0. The maximum absolute atomic E-state index is 12.9. The van der Waals surface area contributed by atoms with Gasteiger partial charge in [0, 0.05) is 5.56 Å². The summed E-state index contributed by atoms with van der Waals surface area (Å²) in [5.74, 6) is 0. The lowest BCUT2D eigenvalue weighted by Gasteiger charge is -2.34. The second-order valence-corrected chi connectivity index (χ2v) is 5.61. The number of hydrogen-bond donors (Lipinski definition) is 2. The number of urea groups is 1. The fourth-order valence-corrected chi connectivity index (χ4v) is 2.14. The Bertz CT molecular complexity index is 757. The third kappa shape index (κ3) is 3.92. The van der Waals surface area contributed by atoms with Gasteiger partial charge in [-0.15, -0.1) is 0 Å². The lowest BCUT2D eigenvalue weighted by Crippen LogP contribution is -2.66. The maximum atomic E-state index is 12.9. The number of hydrogen-bond acceptors (Lipinski definition) is 1. The fourth-order valence-electron chi connectivity index (χ4n) is 2.14. The van der Waals surface area contributed by atoms with Crippen molar-refractivity contribution in [3.8, 4) is 11.1 Å². The van der Waals surface area contributed by atoms with Crippen molar-refractivity contribution in [3.05, 3.63) is 54.6 Å². The zero-order valence-electron chi connectivity index (χ0n) is 13.4. The topological polar surface area (TPSA) is 41.1 Å². The number of amides is 2. The van der Waals surface area contributed by atoms with E-state index in [4.69, 9.17) is 0 Å². The van der Waals surface area contributed by atoms with Crippen LogP contribution < -0.4 is 10.6 Å². The number of para-hydroxylation sites is 1. The minimum Gasteiger partial charge on any atom is -0.316 e. The van der Waals surface area contributed by atoms with E-state index in [2.05, 4.69) is 5.32 Å². The molecule has 2 rings (SSSR count). The molecule has 0 heterocycles. The van der Waals surface area contributed by atoms with Crippen LogP contribution in [0.3, 0.4) is 0 Å². The van der Waals surface area contributed by atoms with E-state index in [1.807, 2.05) is 0 Å². The molecule has 0 radical (unpaired) electrons. The monoisotopic (exact) mass is 376 g/mol. The number of benzene rings is 2. The van der Waals surface area contributed by atoms with Crippen LogP contribution in [0.15, 0.2) is 54.6 Å². The molecule has 0 unspecified atom stereocenters. The number of alkyl halides is 6. The first-order valence-corrected chi connectivity index (χ1v) is 7.33. The Kier molecular flexibility index (Phi) is 5.20. The summed E-state index contributed by atoms with van der Waals surface area (Å²) in [6.07, 6.45) is -11.4. The van der Waals surface area contributed by atoms with Gasteiger partial charge in [-0.3, -0.25) is 0 Å². The average Bonchev–Trinajstić information content (AvgIpc) is 2.54. The third-order valence-electron chi connectivity index (χ3n) is 3.76. The third-order valence-corrected chi connectivity index (χ3v) is 3.76. The molecule has 0 saturated carbocycles. The normalized spacial score (nSPS) is 12.6. The SMILES string of the molecule is CC(NC(=O)Nc1ccccc1-c1ccccc1)(C(F)(F)F)C(F)(F)F. The Morgan fingerprint density at radius 2 is 1.31 bits per heavy atom. The predicted octanol–water partition coefficient (Wildman–Crippen LogP) is 5.36. The summed E-state index contributed by atoms with van der Waals surface area (Å²) in [5, 5.41) is 3.06. The zero-order chi connectivity index (χ0) is 19.6. The first-order valence-electron chi connectivity index (χ1n) is 7.33. The van der Waals surface area contributed by atoms with Crippen LogP contribution >= 0.6 is 0 Å². The molecule has 0 fully saturated rings. The number of nitrogens with one attached hydrogen (secondary N) is 2. The Balaban J connectivity index is 2.29. The molecule has 26 heavy (non-hydrogen) atoms. The summed E-state index contributed by atoms with van der Waals surface area (Å²) < 4.78 is 77.3. The quantitative estimate of drug-likeness (QED) is 0.696. The highest BCUT2D eigenvalue weighted by atomic mass is 19.4. The standard InChI is InChI=1S/C17H14F6N2O/c1-15(16(18,19)20,17(21,22)23)25-14(26)24-13-10-6-5-9-12(13)11-7-3-2-4-8-11/h2-10H,1H3,(H2,24,25,26). The number of carbonyl (C=O) groups excluding carboxylic acids is 1. The molecule has 2 amide bonds. The van der Waals surface area contributed by atoms with Crippen LogP contribution in [0.25, 0.3) is 11.1 Å². The molecule has 9 heteroatoms. The van der Waals surface area contributed by atoms with Crippen LogP contribution in [-0.2, 0) is 0 Å². The van der Waals surface area contributed by atoms with Gasteiger partial charge in [-0.25, -0.2) is 4.79 Å². The van der Waals surface area contributed by atoms with Crippen molar-refractivity contribution in [3.63, 3.8) is 0 Å². The maximum Gasteiger partial charge on any atom is 0.420 e. The van der Waals surface area contributed by atoms with E-state index in [-0.39, 0.29) is 12.6 Å². The molecule has 2 aromatic rings. The van der Waals surface area contributed by atoms with Crippen LogP contribution in [0.1, 0.15) is 6.92 Å². The molecular formula is C17H14F6N2O. The highest BCUT2D eigenvalue weighted by Gasteiger charge is 2.68. The molecule has 0 aliphatic carbocycles. The average molecular weight is 376 g/mol. The van der Waals surface area contributed by atoms with Crippen molar-refractivity contribution in [1.29, 1.82) is 0 Å². The van der Waals surface area contributed by atoms with Crippen LogP contribution in [-0.4, -0.2) is 23.9 Å². The summed E-state index contributed by atoms with van der Waals surface area (Å²) in [7, 11) is 0. The first-order chi connectivity index (χ1) is 12.0. The van der Waals surface area contributed by atoms with Gasteiger partial charge < -0.3 is 10.6 Å². The molecular weight excluding hydrogens is 362 g/mol. The van der Waals surface area contributed by atoms with E-state index < -0.39 is 23.9 Å². The Labute approximate surface area is 145 Å². The van der Waals surface area contributed by atoms with Crippen LogP contribution in [0, 0.1) is 0 Å². The Morgan fingerprint density at radius 3 is 1.85 bits per heavy atom. The van der Waals surface area contributed by atoms with E-state index in [0.29, 0.717) is 11.1 Å². The zero-order valence-corrected chi connectivity index (χ0v) is 13.4. The Hall–Kier alpha value is -2.71. The van der Waals surface area contributed by atoms with E-state index in [1.54, 1.807) is 42.5 Å². The fraction of sp³-hybridized carbons (Fsp3) is 0.235. The number of carbonyl (C=O) groups is 1. The Morgan fingerprint density at radius 1 is 0.808 bits per heavy atom. The van der Waals surface area contributed by atoms with Gasteiger partial charge in [-0.05, 0) is 18.6 Å². The van der Waals surface area contributed by atoms with Crippen molar-refractivity contribution in [2.45, 2.75) is 24.8 Å². The van der Waals surface area contributed by atoms with Crippen LogP contribution in [0.5, 0.6) is 0 Å². The smallest absolute Gasteiger partial charge is 0.316 e. The van der Waals surface area contributed by atoms with Gasteiger partial charge in [-0.1, -0.05) is 48.5 Å². The van der Waals surface area contributed by atoms with E-state index in [9.17, 15) is 31.1 Å². The van der Waals surface area contributed by atoms with Crippen molar-refractivity contribution < 1.29 is 31.1 Å². The van der Waals surface area contributed by atoms with Crippen molar-refractivity contribution in [2.24, 2.45) is 0 Å². The molecule has 140 valence electrons. The van der Waals surface area contributed by atoms with Crippen LogP contribution in [0.4, 0.5) is 36.8 Å². The molecule has 0 saturated heterocycles. The number of anilines is 1. The summed E-state index contributed by atoms with van der Waals surface area (Å²) in [5.41, 5.74) is -3.23. The molecule has 0 bridgehead atoms. The van der Waals surface area contributed by atoms with Gasteiger partial charge in [0.25, 0.3) is 0 Å². The van der Waals surface area contributed by atoms with Gasteiger partial charge >= 0.3 is 18.4 Å². The van der Waals surface area contributed by atoms with E-state index >= 15 is 0 Å². The summed E-state index contributed by atoms with van der Waals surface area (Å²) in [4.78, 5) is 11.9. The summed E-state index contributed by atoms with van der Waals surface area (Å²) in [6.45, 7) is -0.129. The van der Waals surface area contributed by atoms with Crippen molar-refractivity contribution in [2.75, 3.05) is 5.32 Å². The number of rotatable bonds is 3. The van der Waals surface area contributed by atoms with Crippen molar-refractivity contribution in [1.82, 2.24) is 5.32 Å². The molecule has 0 aliphatic rings. The summed E-state index contributed by atoms with van der Waals surface area (Å²) >= 11 is 0. The molecule has 0 spiro atoms. The minimum atomic E-state index is -5.72. The van der Waals surface area contributed by atoms with Gasteiger partial charge in [0.05, 0.1) is 5.69 Å². The second kappa shape index (κ2) is 6.89. The van der Waals surface area contributed by atoms with Gasteiger partial charge in [0.15, 0.2) is 0 Å². The predicted molar refractivity (Wildman–Crippen MR) is 84.5 cm³/mol.